The lowest BCUT2D eigenvalue weighted by molar-refractivity contribution is -0.140. The third-order valence-electron chi connectivity index (χ3n) is 5.13. The van der Waals surface area contributed by atoms with Crippen LogP contribution in [0.1, 0.15) is 48.6 Å². The Morgan fingerprint density at radius 1 is 0.800 bits per heavy atom. The van der Waals surface area contributed by atoms with Crippen LogP contribution in [0.4, 0.5) is 0 Å². The number of thioether (sulfide) groups is 2. The summed E-state index contributed by atoms with van der Waals surface area (Å²) in [6, 6.07) is 7.59. The molecule has 0 saturated carbocycles. The lowest BCUT2D eigenvalue weighted by Crippen LogP contribution is -2.32. The van der Waals surface area contributed by atoms with E-state index in [9.17, 15) is 19.2 Å². The van der Waals surface area contributed by atoms with Gasteiger partial charge >= 0.3 is 11.9 Å². The Kier molecular flexibility index (Phi) is 6.97. The average molecular weight is 453 g/mol. The molecule has 4 atom stereocenters. The number of hydrogen-bond acceptors (Lipinski definition) is 6. The second-order valence-corrected chi connectivity index (χ2v) is 10.1. The topological polar surface area (TPSA) is 115 Å². The predicted octanol–water partition coefficient (Wildman–Crippen LogP) is 2.56. The minimum Gasteiger partial charge on any atom is -0.481 e. The molecule has 2 amide bonds. The van der Waals surface area contributed by atoms with Crippen LogP contribution in [0.5, 0.6) is 0 Å². The van der Waals surface area contributed by atoms with Crippen LogP contribution in [-0.2, 0) is 19.2 Å². The summed E-state index contributed by atoms with van der Waals surface area (Å²) in [5.41, 5.74) is 1.79. The SMILES string of the molecule is CC1SC(c2ccc(C3SC(C)C(=O)N3CCC(=O)O)cc2)N(CCC(=O)O)C1=O. The molecule has 0 bridgehead atoms. The molecule has 2 aliphatic heterocycles. The third kappa shape index (κ3) is 4.75. The summed E-state index contributed by atoms with van der Waals surface area (Å²) >= 11 is 2.97. The highest BCUT2D eigenvalue weighted by Gasteiger charge is 2.40. The Labute approximate surface area is 183 Å². The maximum Gasteiger partial charge on any atom is 0.305 e. The minimum atomic E-state index is -0.944. The maximum absolute atomic E-state index is 12.4. The molecule has 2 saturated heterocycles. The third-order valence-corrected chi connectivity index (χ3v) is 7.92. The number of carboxylic acids is 2. The fraction of sp³-hybridized carbons (Fsp3) is 0.500. The highest BCUT2D eigenvalue weighted by atomic mass is 32.2. The summed E-state index contributed by atoms with van der Waals surface area (Å²) in [5.74, 6) is -2.03. The Hall–Kier alpha value is -2.20. The summed E-state index contributed by atoms with van der Waals surface area (Å²) in [5, 5.41) is 17.0. The predicted molar refractivity (Wildman–Crippen MR) is 114 cm³/mol. The van der Waals surface area contributed by atoms with Gasteiger partial charge in [-0.25, -0.2) is 0 Å². The van der Waals surface area contributed by atoms with Crippen LogP contribution in [0.3, 0.4) is 0 Å². The van der Waals surface area contributed by atoms with E-state index in [1.165, 1.54) is 23.5 Å². The van der Waals surface area contributed by atoms with Crippen molar-refractivity contribution < 1.29 is 29.4 Å². The Morgan fingerprint density at radius 2 is 1.13 bits per heavy atom. The van der Waals surface area contributed by atoms with Crippen LogP contribution in [-0.4, -0.2) is 67.4 Å². The van der Waals surface area contributed by atoms with Gasteiger partial charge in [-0.05, 0) is 25.0 Å². The van der Waals surface area contributed by atoms with Crippen molar-refractivity contribution in [2.45, 2.75) is 47.9 Å². The smallest absolute Gasteiger partial charge is 0.305 e. The molecule has 162 valence electrons. The van der Waals surface area contributed by atoms with Crippen molar-refractivity contribution in [2.24, 2.45) is 0 Å². The van der Waals surface area contributed by atoms with Crippen LogP contribution < -0.4 is 0 Å². The van der Waals surface area contributed by atoms with Gasteiger partial charge in [-0.2, -0.15) is 0 Å². The van der Waals surface area contributed by atoms with E-state index in [-0.39, 0.29) is 59.0 Å². The van der Waals surface area contributed by atoms with Gasteiger partial charge in [0.2, 0.25) is 11.8 Å². The van der Waals surface area contributed by atoms with Gasteiger partial charge in [0.1, 0.15) is 10.7 Å². The molecule has 0 radical (unpaired) electrons. The number of carboxylic acid groups (broad SMARTS) is 2. The van der Waals surface area contributed by atoms with E-state index in [2.05, 4.69) is 0 Å². The van der Waals surface area contributed by atoms with E-state index >= 15 is 0 Å². The molecule has 2 aliphatic rings. The molecular weight excluding hydrogens is 428 g/mol. The molecule has 1 aromatic carbocycles. The van der Waals surface area contributed by atoms with Gasteiger partial charge in [0.15, 0.2) is 0 Å². The van der Waals surface area contributed by atoms with Gasteiger partial charge in [0.25, 0.3) is 0 Å². The van der Waals surface area contributed by atoms with Crippen molar-refractivity contribution in [3.63, 3.8) is 0 Å². The van der Waals surface area contributed by atoms with Crippen molar-refractivity contribution in [1.82, 2.24) is 9.80 Å². The number of carbonyl (C=O) groups is 4. The lowest BCUT2D eigenvalue weighted by Gasteiger charge is -2.25. The van der Waals surface area contributed by atoms with Gasteiger partial charge < -0.3 is 20.0 Å². The van der Waals surface area contributed by atoms with Gasteiger partial charge in [-0.15, -0.1) is 23.5 Å². The second kappa shape index (κ2) is 9.30. The average Bonchev–Trinajstić information content (AvgIpc) is 3.14. The van der Waals surface area contributed by atoms with E-state index < -0.39 is 11.9 Å². The van der Waals surface area contributed by atoms with Crippen LogP contribution >= 0.6 is 23.5 Å². The molecule has 3 rings (SSSR count). The summed E-state index contributed by atoms with van der Waals surface area (Å²) < 4.78 is 0. The van der Waals surface area contributed by atoms with Crippen LogP contribution in [0.2, 0.25) is 0 Å². The van der Waals surface area contributed by atoms with Crippen molar-refractivity contribution in [3.8, 4) is 0 Å². The first-order valence-electron chi connectivity index (χ1n) is 9.64. The van der Waals surface area contributed by atoms with Gasteiger partial charge in [0.05, 0.1) is 23.3 Å². The van der Waals surface area contributed by atoms with Crippen molar-refractivity contribution in [1.29, 1.82) is 0 Å². The molecule has 2 heterocycles. The quantitative estimate of drug-likeness (QED) is 0.618. The summed E-state index contributed by atoms with van der Waals surface area (Å²) in [4.78, 5) is 50.0. The number of nitrogens with zero attached hydrogens (tertiary/aromatic N) is 2. The molecule has 4 unspecified atom stereocenters. The van der Waals surface area contributed by atoms with Gasteiger partial charge in [-0.1, -0.05) is 24.3 Å². The number of carbonyl (C=O) groups excluding carboxylic acids is 2. The first kappa shape index (κ1) is 22.5. The second-order valence-electron chi connectivity index (χ2n) is 7.28. The number of amides is 2. The molecule has 0 aromatic heterocycles. The van der Waals surface area contributed by atoms with E-state index in [4.69, 9.17) is 10.2 Å². The zero-order valence-corrected chi connectivity index (χ0v) is 18.3. The van der Waals surface area contributed by atoms with E-state index in [1.807, 2.05) is 38.1 Å². The van der Waals surface area contributed by atoms with Crippen LogP contribution in [0, 0.1) is 0 Å². The van der Waals surface area contributed by atoms with Gasteiger partial charge in [-0.3, -0.25) is 19.2 Å². The Morgan fingerprint density at radius 3 is 1.43 bits per heavy atom. The Bertz CT molecular complexity index is 777. The summed E-state index contributed by atoms with van der Waals surface area (Å²) in [6.45, 7) is 3.95. The van der Waals surface area contributed by atoms with E-state index in [1.54, 1.807) is 9.80 Å². The molecule has 10 heteroatoms. The fourth-order valence-electron chi connectivity index (χ4n) is 3.58. The fourth-order valence-corrected chi connectivity index (χ4v) is 6.20. The van der Waals surface area contributed by atoms with E-state index in [0.29, 0.717) is 0 Å². The highest BCUT2D eigenvalue weighted by Crippen LogP contribution is 2.45. The molecule has 0 spiro atoms. The van der Waals surface area contributed by atoms with E-state index in [0.717, 1.165) is 11.1 Å². The molecule has 2 N–H and O–H groups in total. The highest BCUT2D eigenvalue weighted by molar-refractivity contribution is 8.01. The first-order valence-corrected chi connectivity index (χ1v) is 11.5. The number of rotatable bonds is 8. The van der Waals surface area contributed by atoms with Gasteiger partial charge in [0, 0.05) is 13.1 Å². The lowest BCUT2D eigenvalue weighted by atomic mass is 10.1. The molecule has 30 heavy (non-hydrogen) atoms. The standard InChI is InChI=1S/C20H24N2O6S2/c1-11-17(27)21(9-7-15(23)24)19(29-11)13-3-5-14(6-4-13)20-22(10-8-16(25)26)18(28)12(2)30-20/h3-6,11-12,19-20H,7-10H2,1-2H3,(H,23,24)(H,25,26). The molecular formula is C20H24N2O6S2. The zero-order valence-electron chi connectivity index (χ0n) is 16.7. The number of aliphatic carboxylic acids is 2. The van der Waals surface area contributed by atoms with Crippen LogP contribution in [0.15, 0.2) is 24.3 Å². The number of hydrogen-bond donors (Lipinski definition) is 2. The number of benzene rings is 1. The van der Waals surface area contributed by atoms with Crippen molar-refractivity contribution in [2.75, 3.05) is 13.1 Å². The molecule has 0 aliphatic carbocycles. The molecule has 8 nitrogen and oxygen atoms in total. The monoisotopic (exact) mass is 452 g/mol. The van der Waals surface area contributed by atoms with Crippen molar-refractivity contribution in [3.05, 3.63) is 35.4 Å². The maximum atomic E-state index is 12.4. The summed E-state index contributed by atoms with van der Waals surface area (Å²) in [6.07, 6.45) is -0.213. The molecule has 2 fully saturated rings. The zero-order chi connectivity index (χ0) is 22.0. The Balaban J connectivity index is 1.77. The minimum absolute atomic E-state index is 0.0686. The first-order chi connectivity index (χ1) is 14.2. The van der Waals surface area contributed by atoms with Crippen LogP contribution in [0.25, 0.3) is 0 Å². The summed E-state index contributed by atoms with van der Waals surface area (Å²) in [7, 11) is 0. The molecule has 1 aromatic rings. The normalized spacial score (nSPS) is 26.5. The largest absolute Gasteiger partial charge is 0.481 e. The van der Waals surface area contributed by atoms with Crippen molar-refractivity contribution >= 4 is 47.3 Å².